The van der Waals surface area contributed by atoms with Gasteiger partial charge in [-0.3, -0.25) is 4.59 Å². The fourth-order valence-electron chi connectivity index (χ4n) is 0.982. The third-order valence-corrected chi connectivity index (χ3v) is 1.77. The van der Waals surface area contributed by atoms with Crippen LogP contribution in [0.3, 0.4) is 0 Å². The second-order valence-corrected chi connectivity index (χ2v) is 6.43. The molecule has 4 N–H and O–H groups in total. The molecule has 0 saturated heterocycles. The Labute approximate surface area is 128 Å². The molecule has 21 heavy (non-hydrogen) atoms. The molecule has 0 aromatic rings. The van der Waals surface area contributed by atoms with Crippen molar-refractivity contribution < 1.29 is 28.9 Å². The van der Waals surface area contributed by atoms with E-state index in [0.29, 0.717) is 9.08 Å². The lowest BCUT2D eigenvalue weighted by Crippen LogP contribution is -2.46. The number of nitrogens with two attached hydrogens (primary N) is 1. The van der Waals surface area contributed by atoms with Crippen molar-refractivity contribution in [3.8, 4) is 0 Å². The number of nitrogens with zero attached hydrogens (tertiary/aromatic N) is 2. The first-order valence-corrected chi connectivity index (χ1v) is 6.65. The van der Waals surface area contributed by atoms with Gasteiger partial charge >= 0.3 is 11.9 Å². The number of carboxylic acid groups (broad SMARTS) is 2. The molecule has 0 fully saturated rings. The summed E-state index contributed by atoms with van der Waals surface area (Å²) in [5, 5.41) is 16.1. The summed E-state index contributed by atoms with van der Waals surface area (Å²) in [4.78, 5) is 19.6. The molecular formula is C14H33N3O4+2. The maximum atomic E-state index is 10.00. The zero-order valence-electron chi connectivity index (χ0n) is 14.5. The van der Waals surface area contributed by atoms with Gasteiger partial charge in [0.15, 0.2) is 6.54 Å². The maximum Gasteiger partial charge on any atom is 0.359 e. The van der Waals surface area contributed by atoms with Gasteiger partial charge in [-0.25, -0.2) is 9.59 Å². The van der Waals surface area contributed by atoms with Gasteiger partial charge in [0.2, 0.25) is 0 Å². The Kier molecular flexibility index (Phi) is 13.2. The van der Waals surface area contributed by atoms with Gasteiger partial charge in [0, 0.05) is 5.57 Å². The maximum absolute atomic E-state index is 10.00. The number of carboxylic acids is 2. The molecule has 0 aliphatic rings. The molecule has 0 saturated carbocycles. The summed E-state index contributed by atoms with van der Waals surface area (Å²) in [7, 11) is 9.50. The predicted molar refractivity (Wildman–Crippen MR) is 84.4 cm³/mol. The van der Waals surface area contributed by atoms with Crippen molar-refractivity contribution in [2.45, 2.75) is 20.3 Å². The lowest BCUT2D eigenvalue weighted by Gasteiger charge is -2.20. The van der Waals surface area contributed by atoms with Crippen LogP contribution in [0.15, 0.2) is 12.2 Å². The Morgan fingerprint density at radius 1 is 1.10 bits per heavy atom. The van der Waals surface area contributed by atoms with Crippen molar-refractivity contribution in [1.29, 1.82) is 0 Å². The minimum absolute atomic E-state index is 0.176. The van der Waals surface area contributed by atoms with E-state index in [2.05, 4.69) is 13.5 Å². The van der Waals surface area contributed by atoms with Gasteiger partial charge in [-0.15, -0.1) is 0 Å². The van der Waals surface area contributed by atoms with E-state index in [1.54, 1.807) is 0 Å². The molecule has 126 valence electrons. The van der Waals surface area contributed by atoms with Crippen molar-refractivity contribution in [2.75, 3.05) is 48.3 Å². The summed E-state index contributed by atoms with van der Waals surface area (Å²) in [5.74, 6) is 3.90. The standard InChI is InChI=1S/C5H15N2.C5H11NO2.C4H6O2/c1-4-5-7(2,3)6;1-6(2,3)4-5(7)8;1-3(2)4(5)6/h4-6H2,1-3H3;4H2,1-3H3;1H2,2H3,(H,5,6)/q+1;;/p+1. The van der Waals surface area contributed by atoms with Gasteiger partial charge in [0.1, 0.15) is 0 Å². The molecule has 0 aliphatic heterocycles. The molecule has 0 aromatic heterocycles. The SMILES string of the molecule is C=C(C)C(=O)O.CCC[N+](C)(C)N.C[N+](C)(C)CC(=O)O. The predicted octanol–water partition coefficient (Wildman–Crippen LogP) is 0.771. The van der Waals surface area contributed by atoms with Crippen molar-refractivity contribution >= 4 is 11.9 Å². The third kappa shape index (κ3) is 38.1. The molecule has 0 radical (unpaired) electrons. The number of rotatable bonds is 5. The Balaban J connectivity index is -0.000000234. The molecule has 7 nitrogen and oxygen atoms in total. The number of aliphatic carboxylic acids is 2. The minimum atomic E-state index is -0.935. The van der Waals surface area contributed by atoms with Crippen LogP contribution >= 0.6 is 0 Å². The van der Waals surface area contributed by atoms with E-state index in [4.69, 9.17) is 16.1 Å². The number of hydrogen-bond donors (Lipinski definition) is 3. The second kappa shape index (κ2) is 11.2. The number of hydrogen-bond acceptors (Lipinski definition) is 3. The monoisotopic (exact) mass is 307 g/mol. The summed E-state index contributed by atoms with van der Waals surface area (Å²) in [5.41, 5.74) is 0.176. The van der Waals surface area contributed by atoms with Crippen LogP contribution in [0.1, 0.15) is 20.3 Å². The molecule has 0 heterocycles. The van der Waals surface area contributed by atoms with Crippen molar-refractivity contribution in [3.05, 3.63) is 12.2 Å². The van der Waals surface area contributed by atoms with Gasteiger partial charge in [0.05, 0.1) is 41.8 Å². The fraction of sp³-hybridized carbons (Fsp3) is 0.714. The normalized spacial score (nSPS) is 10.5. The second-order valence-electron chi connectivity index (χ2n) is 6.43. The Morgan fingerprint density at radius 2 is 1.43 bits per heavy atom. The highest BCUT2D eigenvalue weighted by molar-refractivity contribution is 5.84. The Bertz CT molecular complexity index is 316. The first-order chi connectivity index (χ1) is 9.12. The van der Waals surface area contributed by atoms with E-state index in [1.807, 2.05) is 35.2 Å². The van der Waals surface area contributed by atoms with Crippen LogP contribution < -0.4 is 5.84 Å². The van der Waals surface area contributed by atoms with Crippen LogP contribution in [0.4, 0.5) is 0 Å². The molecule has 0 bridgehead atoms. The Hall–Kier alpha value is -1.44. The van der Waals surface area contributed by atoms with Crippen LogP contribution in [0.2, 0.25) is 0 Å². The first kappa shape index (κ1) is 24.6. The zero-order chi connectivity index (χ0) is 17.9. The van der Waals surface area contributed by atoms with E-state index in [9.17, 15) is 9.59 Å². The average molecular weight is 307 g/mol. The molecule has 0 atom stereocenters. The van der Waals surface area contributed by atoms with E-state index in [0.717, 1.165) is 13.0 Å². The van der Waals surface area contributed by atoms with Crippen LogP contribution in [0.25, 0.3) is 0 Å². The fourth-order valence-corrected chi connectivity index (χ4v) is 0.982. The molecule has 0 rings (SSSR count). The van der Waals surface area contributed by atoms with Crippen LogP contribution in [-0.4, -0.2) is 79.6 Å². The topological polar surface area (TPSA) is 101 Å². The van der Waals surface area contributed by atoms with E-state index >= 15 is 0 Å². The van der Waals surface area contributed by atoms with Crippen LogP contribution in [-0.2, 0) is 9.59 Å². The van der Waals surface area contributed by atoms with Crippen molar-refractivity contribution in [2.24, 2.45) is 5.84 Å². The summed E-state index contributed by atoms with van der Waals surface area (Å²) in [6.07, 6.45) is 1.16. The highest BCUT2D eigenvalue weighted by atomic mass is 16.4. The summed E-state index contributed by atoms with van der Waals surface area (Å²) in [6, 6.07) is 0. The molecular weight excluding hydrogens is 274 g/mol. The largest absolute Gasteiger partial charge is 0.478 e. The molecule has 0 aliphatic carbocycles. The minimum Gasteiger partial charge on any atom is -0.478 e. The quantitative estimate of drug-likeness (QED) is 0.301. The highest BCUT2D eigenvalue weighted by Gasteiger charge is 2.11. The van der Waals surface area contributed by atoms with Crippen molar-refractivity contribution in [1.82, 2.24) is 0 Å². The number of likely N-dealkylation sites (N-methyl/N-ethyl adjacent to an activating group) is 1. The zero-order valence-corrected chi connectivity index (χ0v) is 14.5. The van der Waals surface area contributed by atoms with Crippen LogP contribution in [0, 0.1) is 0 Å². The van der Waals surface area contributed by atoms with Gasteiger partial charge in [-0.05, 0) is 13.3 Å². The molecule has 7 heteroatoms. The molecule has 0 spiro atoms. The van der Waals surface area contributed by atoms with Crippen LogP contribution in [0.5, 0.6) is 0 Å². The van der Waals surface area contributed by atoms with Gasteiger partial charge < -0.3 is 14.7 Å². The highest BCUT2D eigenvalue weighted by Crippen LogP contribution is 1.86. The lowest BCUT2D eigenvalue weighted by molar-refractivity contribution is -0.902. The van der Waals surface area contributed by atoms with Gasteiger partial charge in [0.25, 0.3) is 0 Å². The van der Waals surface area contributed by atoms with E-state index in [1.165, 1.54) is 6.92 Å². The summed E-state index contributed by atoms with van der Waals surface area (Å²) < 4.78 is 1.08. The molecule has 0 amide bonds. The lowest BCUT2D eigenvalue weighted by atomic mass is 10.4. The van der Waals surface area contributed by atoms with E-state index in [-0.39, 0.29) is 12.1 Å². The van der Waals surface area contributed by atoms with E-state index < -0.39 is 11.9 Å². The number of carbonyl (C=O) groups is 2. The smallest absolute Gasteiger partial charge is 0.359 e. The van der Waals surface area contributed by atoms with Crippen molar-refractivity contribution in [3.63, 3.8) is 0 Å². The molecule has 0 aromatic carbocycles. The van der Waals surface area contributed by atoms with Gasteiger partial charge in [-0.2, -0.15) is 5.84 Å². The summed E-state index contributed by atoms with van der Waals surface area (Å²) in [6.45, 7) is 7.97. The number of quaternary nitrogens is 2. The third-order valence-electron chi connectivity index (χ3n) is 1.77. The average Bonchev–Trinajstić information content (AvgIpc) is 2.12. The molecule has 0 unspecified atom stereocenters. The summed E-state index contributed by atoms with van der Waals surface area (Å²) >= 11 is 0. The van der Waals surface area contributed by atoms with Gasteiger partial charge in [-0.1, -0.05) is 13.5 Å². The Morgan fingerprint density at radius 3 is 1.43 bits per heavy atom. The first-order valence-electron chi connectivity index (χ1n) is 6.65.